The summed E-state index contributed by atoms with van der Waals surface area (Å²) in [5, 5.41) is 2.74. The molecule has 1 aromatic carbocycles. The first-order chi connectivity index (χ1) is 13.2. The average molecular weight is 424 g/mol. The van der Waals surface area contributed by atoms with Crippen LogP contribution >= 0.6 is 22.9 Å². The standard InChI is InChI=1S/C18H13ClF3N5S/c1-10-25-14(11-5-3-2-4-6-11)13(28-10)8-7-12-15(19)26-17(27-16(12)23)24-9-18(20,21)22/h2-6H,9H2,1H3,(H3,23,24,26,27). The van der Waals surface area contributed by atoms with E-state index in [-0.39, 0.29) is 22.5 Å². The molecule has 0 radical (unpaired) electrons. The summed E-state index contributed by atoms with van der Waals surface area (Å²) in [6.45, 7) is 0.572. The molecule has 0 aliphatic carbocycles. The summed E-state index contributed by atoms with van der Waals surface area (Å²) in [5.74, 6) is 5.35. The van der Waals surface area contributed by atoms with E-state index < -0.39 is 12.7 Å². The number of hydrogen-bond acceptors (Lipinski definition) is 6. The van der Waals surface area contributed by atoms with Gasteiger partial charge in [0.15, 0.2) is 5.15 Å². The van der Waals surface area contributed by atoms with Gasteiger partial charge in [0.25, 0.3) is 0 Å². The maximum atomic E-state index is 12.3. The van der Waals surface area contributed by atoms with E-state index in [1.807, 2.05) is 42.6 Å². The van der Waals surface area contributed by atoms with Gasteiger partial charge in [-0.25, -0.2) is 4.98 Å². The number of alkyl halides is 3. The predicted octanol–water partition coefficient (Wildman–Crippen LogP) is 4.52. The Morgan fingerprint density at radius 1 is 1.14 bits per heavy atom. The third kappa shape index (κ3) is 4.91. The molecule has 2 heterocycles. The van der Waals surface area contributed by atoms with Crippen LogP contribution in [0.2, 0.25) is 5.15 Å². The molecule has 0 amide bonds. The van der Waals surface area contributed by atoms with Crippen molar-refractivity contribution in [2.45, 2.75) is 13.1 Å². The van der Waals surface area contributed by atoms with Crippen LogP contribution in [0.25, 0.3) is 11.3 Å². The van der Waals surface area contributed by atoms with Crippen LogP contribution in [0.5, 0.6) is 0 Å². The third-order valence-corrected chi connectivity index (χ3v) is 4.58. The van der Waals surface area contributed by atoms with Crippen LogP contribution in [0.1, 0.15) is 15.4 Å². The zero-order valence-electron chi connectivity index (χ0n) is 14.4. The summed E-state index contributed by atoms with van der Waals surface area (Å²) in [7, 11) is 0. The molecule has 0 atom stereocenters. The number of anilines is 2. The van der Waals surface area contributed by atoms with Crippen LogP contribution in [0.4, 0.5) is 24.9 Å². The van der Waals surface area contributed by atoms with Gasteiger partial charge in [-0.05, 0) is 12.8 Å². The van der Waals surface area contributed by atoms with Crippen molar-refractivity contribution in [2.24, 2.45) is 0 Å². The first-order valence-electron chi connectivity index (χ1n) is 7.91. The van der Waals surface area contributed by atoms with Crippen LogP contribution in [-0.4, -0.2) is 27.7 Å². The van der Waals surface area contributed by atoms with Crippen molar-refractivity contribution >= 4 is 34.7 Å². The van der Waals surface area contributed by atoms with E-state index in [0.29, 0.717) is 4.88 Å². The van der Waals surface area contributed by atoms with Crippen LogP contribution < -0.4 is 11.1 Å². The second-order valence-electron chi connectivity index (χ2n) is 5.59. The van der Waals surface area contributed by atoms with Gasteiger partial charge < -0.3 is 11.1 Å². The molecule has 5 nitrogen and oxygen atoms in total. The Labute approximate surface area is 167 Å². The Morgan fingerprint density at radius 2 is 1.86 bits per heavy atom. The Bertz CT molecular complexity index is 1030. The smallest absolute Gasteiger partial charge is 0.382 e. The molecular formula is C18H13ClF3N5S. The Balaban J connectivity index is 1.91. The predicted molar refractivity (Wildman–Crippen MR) is 104 cm³/mol. The summed E-state index contributed by atoms with van der Waals surface area (Å²) >= 11 is 7.45. The molecule has 0 aliphatic rings. The molecular weight excluding hydrogens is 411 g/mol. The molecule has 0 unspecified atom stereocenters. The zero-order valence-corrected chi connectivity index (χ0v) is 16.0. The Kier molecular flexibility index (Phi) is 5.72. The molecule has 2 aromatic heterocycles. The monoisotopic (exact) mass is 423 g/mol. The molecule has 28 heavy (non-hydrogen) atoms. The number of nitrogen functional groups attached to an aromatic ring is 1. The van der Waals surface area contributed by atoms with E-state index in [1.54, 1.807) is 0 Å². The molecule has 3 aromatic rings. The number of nitrogens with two attached hydrogens (primary N) is 1. The normalized spacial score (nSPS) is 11.0. The van der Waals surface area contributed by atoms with E-state index in [0.717, 1.165) is 16.3 Å². The first-order valence-corrected chi connectivity index (χ1v) is 9.11. The minimum atomic E-state index is -4.42. The lowest BCUT2D eigenvalue weighted by molar-refractivity contribution is -0.115. The number of benzene rings is 1. The van der Waals surface area contributed by atoms with Crippen LogP contribution in [0, 0.1) is 18.8 Å². The van der Waals surface area contributed by atoms with Gasteiger partial charge in [0, 0.05) is 5.56 Å². The number of hydrogen-bond donors (Lipinski definition) is 2. The summed E-state index contributed by atoms with van der Waals surface area (Å²) in [6.07, 6.45) is -4.42. The maximum Gasteiger partial charge on any atom is 0.405 e. The van der Waals surface area contributed by atoms with Gasteiger partial charge in [0.2, 0.25) is 5.95 Å². The van der Waals surface area contributed by atoms with E-state index in [9.17, 15) is 13.2 Å². The molecule has 144 valence electrons. The average Bonchev–Trinajstić information content (AvgIpc) is 3.00. The zero-order chi connectivity index (χ0) is 20.3. The minimum absolute atomic E-state index is 0.111. The van der Waals surface area contributed by atoms with Crippen molar-refractivity contribution in [2.75, 3.05) is 17.6 Å². The minimum Gasteiger partial charge on any atom is -0.382 e. The van der Waals surface area contributed by atoms with Gasteiger partial charge in [-0.1, -0.05) is 47.9 Å². The van der Waals surface area contributed by atoms with Crippen molar-refractivity contribution in [1.82, 2.24) is 15.0 Å². The fourth-order valence-corrected chi connectivity index (χ4v) is 3.26. The second kappa shape index (κ2) is 8.04. The summed E-state index contributed by atoms with van der Waals surface area (Å²) in [6, 6.07) is 9.55. The number of aryl methyl sites for hydroxylation is 1. The number of nitrogens with zero attached hydrogens (tertiary/aromatic N) is 3. The molecule has 0 fully saturated rings. The Morgan fingerprint density at radius 3 is 2.50 bits per heavy atom. The number of thiazole rings is 1. The first kappa shape index (κ1) is 19.9. The third-order valence-electron chi connectivity index (χ3n) is 3.42. The van der Waals surface area contributed by atoms with Crippen molar-refractivity contribution in [3.63, 3.8) is 0 Å². The molecule has 0 aliphatic heterocycles. The number of aromatic nitrogens is 3. The quantitative estimate of drug-likeness (QED) is 0.478. The molecule has 3 rings (SSSR count). The summed E-state index contributed by atoms with van der Waals surface area (Å²) in [4.78, 5) is 12.8. The molecule has 0 saturated carbocycles. The van der Waals surface area contributed by atoms with Crippen molar-refractivity contribution in [1.29, 1.82) is 0 Å². The van der Waals surface area contributed by atoms with Gasteiger partial charge in [-0.2, -0.15) is 23.1 Å². The lowest BCUT2D eigenvalue weighted by atomic mass is 10.1. The van der Waals surface area contributed by atoms with Gasteiger partial charge in [-0.3, -0.25) is 0 Å². The second-order valence-corrected chi connectivity index (χ2v) is 7.15. The van der Waals surface area contributed by atoms with Gasteiger partial charge in [0.1, 0.15) is 22.8 Å². The maximum absolute atomic E-state index is 12.3. The highest BCUT2D eigenvalue weighted by molar-refractivity contribution is 7.12. The number of rotatable bonds is 3. The fourth-order valence-electron chi connectivity index (χ4n) is 2.25. The van der Waals surface area contributed by atoms with Crippen LogP contribution in [0.3, 0.4) is 0 Å². The SMILES string of the molecule is Cc1nc(-c2ccccc2)c(C#Cc2c(N)nc(NCC(F)(F)F)nc2Cl)s1. The van der Waals surface area contributed by atoms with E-state index in [2.05, 4.69) is 26.8 Å². The summed E-state index contributed by atoms with van der Waals surface area (Å²) in [5.41, 5.74) is 7.60. The molecule has 0 saturated heterocycles. The highest BCUT2D eigenvalue weighted by atomic mass is 35.5. The van der Waals surface area contributed by atoms with Crippen molar-refractivity contribution in [3.05, 3.63) is 50.9 Å². The molecule has 0 bridgehead atoms. The van der Waals surface area contributed by atoms with Crippen LogP contribution in [0.15, 0.2) is 30.3 Å². The number of halogens is 4. The lowest BCUT2D eigenvalue weighted by Gasteiger charge is -2.09. The summed E-state index contributed by atoms with van der Waals surface area (Å²) < 4.78 is 36.9. The van der Waals surface area contributed by atoms with E-state index in [1.165, 1.54) is 11.3 Å². The van der Waals surface area contributed by atoms with Gasteiger partial charge in [0.05, 0.1) is 10.7 Å². The highest BCUT2D eigenvalue weighted by Crippen LogP contribution is 2.28. The Hall–Kier alpha value is -2.83. The fraction of sp³-hybridized carbons (Fsp3) is 0.167. The number of nitrogens with one attached hydrogen (secondary N) is 1. The van der Waals surface area contributed by atoms with Crippen molar-refractivity contribution < 1.29 is 13.2 Å². The van der Waals surface area contributed by atoms with Gasteiger partial charge >= 0.3 is 6.18 Å². The highest BCUT2D eigenvalue weighted by Gasteiger charge is 2.27. The topological polar surface area (TPSA) is 76.7 Å². The lowest BCUT2D eigenvalue weighted by Crippen LogP contribution is -2.22. The molecule has 3 N–H and O–H groups in total. The largest absolute Gasteiger partial charge is 0.405 e. The van der Waals surface area contributed by atoms with Gasteiger partial charge in [-0.15, -0.1) is 11.3 Å². The molecule has 10 heteroatoms. The van der Waals surface area contributed by atoms with E-state index in [4.69, 9.17) is 17.3 Å². The van der Waals surface area contributed by atoms with Crippen LogP contribution in [-0.2, 0) is 0 Å². The molecule has 0 spiro atoms. The van der Waals surface area contributed by atoms with E-state index >= 15 is 0 Å². The van der Waals surface area contributed by atoms with Crippen molar-refractivity contribution in [3.8, 4) is 23.1 Å².